The number of benzene rings is 1. The van der Waals surface area contributed by atoms with Crippen molar-refractivity contribution in [2.24, 2.45) is 0 Å². The number of hydrogen-bond donors (Lipinski definition) is 8. The average Bonchev–Trinajstić information content (AvgIpc) is 2.79. The monoisotopic (exact) mass is 488 g/mol. The number of nitrogens with zero attached hydrogens (tertiary/aromatic N) is 2. The third kappa shape index (κ3) is 8.54. The van der Waals surface area contributed by atoms with E-state index in [-0.39, 0.29) is 34.3 Å². The van der Waals surface area contributed by atoms with Gasteiger partial charge in [-0.2, -0.15) is 0 Å². The van der Waals surface area contributed by atoms with Gasteiger partial charge in [0.1, 0.15) is 0 Å². The molecule has 2 aromatic rings. The van der Waals surface area contributed by atoms with Gasteiger partial charge in [0.2, 0.25) is 0 Å². The van der Waals surface area contributed by atoms with Crippen LogP contribution < -0.4 is 32.7 Å². The summed E-state index contributed by atoms with van der Waals surface area (Å²) in [6, 6.07) is 7.38. The first-order chi connectivity index (χ1) is 16.2. The number of aryl methyl sites for hydroxylation is 1. The van der Waals surface area contributed by atoms with Crippen LogP contribution in [0.4, 0.5) is 11.6 Å². The van der Waals surface area contributed by atoms with Crippen LogP contribution in [0.1, 0.15) is 46.2 Å². The molecular weight excluding hydrogens is 460 g/mol. The second-order valence-electron chi connectivity index (χ2n) is 7.35. The minimum atomic E-state index is -0.713. The fraction of sp³-hybridized carbons (Fsp3) is 0.333. The summed E-state index contributed by atoms with van der Waals surface area (Å²) in [5.74, 6) is -0.959. The van der Waals surface area contributed by atoms with E-state index in [1.807, 2.05) is 12.1 Å². The summed E-state index contributed by atoms with van der Waals surface area (Å²) in [4.78, 5) is 31.8. The quantitative estimate of drug-likeness (QED) is 0.136. The van der Waals surface area contributed by atoms with Crippen molar-refractivity contribution in [2.45, 2.75) is 26.2 Å². The first-order valence-electron chi connectivity index (χ1n) is 10.6. The van der Waals surface area contributed by atoms with Gasteiger partial charge in [-0.1, -0.05) is 23.7 Å². The predicted octanol–water partition coefficient (Wildman–Crippen LogP) is 0.888. The Labute approximate surface area is 202 Å². The van der Waals surface area contributed by atoms with Crippen LogP contribution in [0, 0.1) is 10.8 Å². The SMILES string of the molecule is CC(=N)NCCNC(=O)c1ccc(CCCCNC(=N)NC(=O)c2nc(Cl)c(N)nc2N)cc1. The molecule has 12 nitrogen and oxygen atoms in total. The Kier molecular flexibility index (Phi) is 10.0. The van der Waals surface area contributed by atoms with E-state index in [9.17, 15) is 9.59 Å². The third-order valence-corrected chi connectivity index (χ3v) is 4.85. The molecule has 0 spiro atoms. The molecule has 0 aliphatic carbocycles. The highest BCUT2D eigenvalue weighted by atomic mass is 35.5. The molecule has 182 valence electrons. The topological polar surface area (TPSA) is 208 Å². The molecule has 0 radical (unpaired) electrons. The normalized spacial score (nSPS) is 10.3. The van der Waals surface area contributed by atoms with Gasteiger partial charge in [-0.25, -0.2) is 9.97 Å². The number of carbonyl (C=O) groups is 2. The van der Waals surface area contributed by atoms with Gasteiger partial charge in [-0.3, -0.25) is 25.7 Å². The summed E-state index contributed by atoms with van der Waals surface area (Å²) in [5, 5.41) is 25.7. The molecule has 1 heterocycles. The summed E-state index contributed by atoms with van der Waals surface area (Å²) in [5.41, 5.74) is 12.6. The van der Waals surface area contributed by atoms with Crippen LogP contribution in [0.5, 0.6) is 0 Å². The highest BCUT2D eigenvalue weighted by Gasteiger charge is 2.17. The highest BCUT2D eigenvalue weighted by molar-refractivity contribution is 6.31. The van der Waals surface area contributed by atoms with Gasteiger partial charge in [0.05, 0.1) is 5.84 Å². The number of guanidine groups is 1. The van der Waals surface area contributed by atoms with Crippen molar-refractivity contribution < 1.29 is 9.59 Å². The molecule has 13 heteroatoms. The van der Waals surface area contributed by atoms with Crippen LogP contribution in [-0.2, 0) is 6.42 Å². The summed E-state index contributed by atoms with van der Waals surface area (Å²) in [6.45, 7) is 3.07. The molecule has 2 amide bonds. The lowest BCUT2D eigenvalue weighted by atomic mass is 10.1. The molecular formula is C21H29ClN10O2. The maximum absolute atomic E-state index is 12.2. The van der Waals surface area contributed by atoms with Crippen LogP contribution in [0.3, 0.4) is 0 Å². The first-order valence-corrected chi connectivity index (χ1v) is 10.9. The zero-order chi connectivity index (χ0) is 25.1. The maximum Gasteiger partial charge on any atom is 0.280 e. The molecule has 0 aliphatic heterocycles. The minimum absolute atomic E-state index is 0.0791. The van der Waals surface area contributed by atoms with E-state index in [0.717, 1.165) is 24.8 Å². The Bertz CT molecular complexity index is 1040. The number of aromatic nitrogens is 2. The Morgan fingerprint density at radius 1 is 0.912 bits per heavy atom. The molecule has 2 rings (SSSR count). The molecule has 0 atom stereocenters. The number of rotatable bonds is 10. The standard InChI is InChI=1S/C21H29ClN10O2/c1-12(23)27-10-11-28-19(33)14-7-5-13(6-8-14)4-2-3-9-29-21(26)32-20(34)15-17(24)31-18(25)16(22)30-15/h5-8H,2-4,9-11H2,1H3,(H2,23,27)(H,28,33)(H4,24,25,31)(H3,26,29,32,34). The average molecular weight is 489 g/mol. The Morgan fingerprint density at radius 2 is 1.59 bits per heavy atom. The number of unbranched alkanes of at least 4 members (excludes halogenated alkanes) is 1. The van der Waals surface area contributed by atoms with Crippen molar-refractivity contribution in [2.75, 3.05) is 31.1 Å². The summed E-state index contributed by atoms with van der Waals surface area (Å²) in [7, 11) is 0. The minimum Gasteiger partial charge on any atom is -0.382 e. The van der Waals surface area contributed by atoms with E-state index in [0.29, 0.717) is 31.0 Å². The second kappa shape index (κ2) is 12.9. The van der Waals surface area contributed by atoms with Crippen molar-refractivity contribution in [3.63, 3.8) is 0 Å². The summed E-state index contributed by atoms with van der Waals surface area (Å²) >= 11 is 5.76. The van der Waals surface area contributed by atoms with Crippen molar-refractivity contribution in [1.29, 1.82) is 10.8 Å². The zero-order valence-electron chi connectivity index (χ0n) is 18.8. The molecule has 0 saturated carbocycles. The van der Waals surface area contributed by atoms with Crippen molar-refractivity contribution in [1.82, 2.24) is 31.2 Å². The number of hydrogen-bond acceptors (Lipinski definition) is 8. The van der Waals surface area contributed by atoms with Crippen LogP contribution in [0.25, 0.3) is 0 Å². The lowest BCUT2D eigenvalue weighted by Crippen LogP contribution is -2.41. The Hall–Kier alpha value is -3.93. The van der Waals surface area contributed by atoms with Gasteiger partial charge in [0, 0.05) is 25.2 Å². The van der Waals surface area contributed by atoms with Gasteiger partial charge in [-0.05, 0) is 43.9 Å². The molecule has 10 N–H and O–H groups in total. The van der Waals surface area contributed by atoms with Gasteiger partial charge < -0.3 is 27.4 Å². The maximum atomic E-state index is 12.2. The summed E-state index contributed by atoms with van der Waals surface area (Å²) in [6.07, 6.45) is 2.41. The van der Waals surface area contributed by atoms with Crippen LogP contribution >= 0.6 is 11.6 Å². The lowest BCUT2D eigenvalue weighted by Gasteiger charge is -2.10. The Morgan fingerprint density at radius 3 is 2.26 bits per heavy atom. The molecule has 0 fully saturated rings. The van der Waals surface area contributed by atoms with E-state index < -0.39 is 5.91 Å². The molecule has 1 aromatic carbocycles. The number of amidine groups is 1. The molecule has 34 heavy (non-hydrogen) atoms. The molecule has 0 saturated heterocycles. The number of halogens is 1. The smallest absolute Gasteiger partial charge is 0.280 e. The largest absolute Gasteiger partial charge is 0.382 e. The fourth-order valence-corrected chi connectivity index (χ4v) is 2.97. The van der Waals surface area contributed by atoms with Gasteiger partial charge >= 0.3 is 0 Å². The van der Waals surface area contributed by atoms with E-state index in [1.165, 1.54) is 0 Å². The number of nitrogens with two attached hydrogens (primary N) is 2. The van der Waals surface area contributed by atoms with E-state index in [1.54, 1.807) is 19.1 Å². The van der Waals surface area contributed by atoms with Crippen molar-refractivity contribution >= 4 is 46.8 Å². The number of nitrogens with one attached hydrogen (secondary N) is 6. The number of carbonyl (C=O) groups excluding carboxylic acids is 2. The lowest BCUT2D eigenvalue weighted by molar-refractivity contribution is 0.0951. The van der Waals surface area contributed by atoms with E-state index in [2.05, 4.69) is 31.2 Å². The third-order valence-electron chi connectivity index (χ3n) is 4.57. The number of nitrogen functional groups attached to an aromatic ring is 2. The molecule has 0 bridgehead atoms. The number of amides is 2. The molecule has 0 unspecified atom stereocenters. The second-order valence-corrected chi connectivity index (χ2v) is 7.71. The molecule has 1 aromatic heterocycles. The Balaban J connectivity index is 1.66. The first kappa shape index (κ1) is 26.3. The molecule has 0 aliphatic rings. The van der Waals surface area contributed by atoms with Gasteiger partial charge in [0.15, 0.2) is 28.4 Å². The van der Waals surface area contributed by atoms with Crippen molar-refractivity contribution in [3.8, 4) is 0 Å². The number of anilines is 2. The van der Waals surface area contributed by atoms with Crippen molar-refractivity contribution in [3.05, 3.63) is 46.2 Å². The van der Waals surface area contributed by atoms with Crippen LogP contribution in [-0.4, -0.2) is 53.2 Å². The van der Waals surface area contributed by atoms with Crippen LogP contribution in [0.2, 0.25) is 5.15 Å². The highest BCUT2D eigenvalue weighted by Crippen LogP contribution is 2.17. The van der Waals surface area contributed by atoms with E-state index in [4.69, 9.17) is 33.9 Å². The zero-order valence-corrected chi connectivity index (χ0v) is 19.6. The fourth-order valence-electron chi connectivity index (χ4n) is 2.84. The van der Waals surface area contributed by atoms with Crippen LogP contribution in [0.15, 0.2) is 24.3 Å². The predicted molar refractivity (Wildman–Crippen MR) is 132 cm³/mol. The van der Waals surface area contributed by atoms with Gasteiger partial charge in [0.25, 0.3) is 11.8 Å². The van der Waals surface area contributed by atoms with Gasteiger partial charge in [-0.15, -0.1) is 0 Å². The van der Waals surface area contributed by atoms with E-state index >= 15 is 0 Å². The summed E-state index contributed by atoms with van der Waals surface area (Å²) < 4.78 is 0.